The van der Waals surface area contributed by atoms with Gasteiger partial charge in [0.15, 0.2) is 5.65 Å². The number of thioether (sulfide) groups is 1. The van der Waals surface area contributed by atoms with Crippen molar-refractivity contribution in [3.8, 4) is 0 Å². The van der Waals surface area contributed by atoms with E-state index in [2.05, 4.69) is 82.9 Å². The number of nitrogens with zero attached hydrogens (tertiary/aromatic N) is 6. The van der Waals surface area contributed by atoms with Gasteiger partial charge in [-0.3, -0.25) is 4.79 Å². The van der Waals surface area contributed by atoms with E-state index in [4.69, 9.17) is 4.98 Å². The number of likely N-dealkylation sites (N-methyl/N-ethyl adjacent to an activating group) is 1. The van der Waals surface area contributed by atoms with Crippen LogP contribution in [0.25, 0.3) is 22.1 Å². The zero-order valence-electron chi connectivity index (χ0n) is 22.1. The molecule has 1 fully saturated rings. The third-order valence-corrected chi connectivity index (χ3v) is 8.18. The van der Waals surface area contributed by atoms with Crippen LogP contribution < -0.4 is 0 Å². The normalized spacial score (nSPS) is 14.6. The molecule has 1 aliphatic rings. The van der Waals surface area contributed by atoms with Gasteiger partial charge in [0.2, 0.25) is 11.1 Å². The minimum Gasteiger partial charge on any atom is -0.340 e. The molecule has 8 heteroatoms. The van der Waals surface area contributed by atoms with Crippen molar-refractivity contribution >= 4 is 39.7 Å². The van der Waals surface area contributed by atoms with Crippen molar-refractivity contribution in [2.45, 2.75) is 51.7 Å². The van der Waals surface area contributed by atoms with Gasteiger partial charge >= 0.3 is 0 Å². The zero-order valence-corrected chi connectivity index (χ0v) is 22.9. The van der Waals surface area contributed by atoms with Crippen LogP contribution in [0.4, 0.5) is 0 Å². The van der Waals surface area contributed by atoms with Crippen molar-refractivity contribution in [2.24, 2.45) is 0 Å². The standard InChI is InChI=1S/C29H36N6OS/c1-4-33-14-16-34(17-15-33)26(36)7-5-6-18-37-29-30-28-27(31-32-29)24-19-22(3)10-13-25(24)35(28)20-23-11-8-21(2)9-12-23/h8-13,19H,4-7,14-18,20H2,1-3H3. The molecule has 0 N–H and O–H groups in total. The molecule has 0 saturated carbocycles. The predicted molar refractivity (Wildman–Crippen MR) is 151 cm³/mol. The highest BCUT2D eigenvalue weighted by Gasteiger charge is 2.20. The second-order valence-corrected chi connectivity index (χ2v) is 11.0. The number of carbonyl (C=O) groups is 1. The van der Waals surface area contributed by atoms with Crippen LogP contribution in [0.5, 0.6) is 0 Å². The summed E-state index contributed by atoms with van der Waals surface area (Å²) in [6.07, 6.45) is 2.47. The first kappa shape index (κ1) is 25.7. The fourth-order valence-electron chi connectivity index (χ4n) is 4.97. The highest BCUT2D eigenvalue weighted by Crippen LogP contribution is 2.29. The van der Waals surface area contributed by atoms with Crippen LogP contribution in [0.3, 0.4) is 0 Å². The van der Waals surface area contributed by atoms with Gasteiger partial charge in [0, 0.05) is 50.3 Å². The summed E-state index contributed by atoms with van der Waals surface area (Å²) >= 11 is 1.63. The largest absolute Gasteiger partial charge is 0.340 e. The average Bonchev–Trinajstić information content (AvgIpc) is 3.21. The van der Waals surface area contributed by atoms with E-state index < -0.39 is 0 Å². The van der Waals surface area contributed by atoms with Gasteiger partial charge < -0.3 is 14.4 Å². The lowest BCUT2D eigenvalue weighted by molar-refractivity contribution is -0.133. The number of aromatic nitrogens is 4. The lowest BCUT2D eigenvalue weighted by atomic mass is 10.1. The van der Waals surface area contributed by atoms with Crippen molar-refractivity contribution in [3.05, 3.63) is 59.2 Å². The van der Waals surface area contributed by atoms with E-state index in [9.17, 15) is 4.79 Å². The summed E-state index contributed by atoms with van der Waals surface area (Å²) < 4.78 is 2.25. The molecule has 1 amide bonds. The van der Waals surface area contributed by atoms with Crippen molar-refractivity contribution in [1.29, 1.82) is 0 Å². The second-order valence-electron chi connectivity index (χ2n) is 9.98. The number of fused-ring (bicyclic) bond motifs is 3. The van der Waals surface area contributed by atoms with Crippen molar-refractivity contribution < 1.29 is 4.79 Å². The Morgan fingerprint density at radius 1 is 0.946 bits per heavy atom. The van der Waals surface area contributed by atoms with Gasteiger partial charge in [-0.1, -0.05) is 60.1 Å². The Hall–Kier alpha value is -2.97. The third-order valence-electron chi connectivity index (χ3n) is 7.25. The molecular weight excluding hydrogens is 480 g/mol. The van der Waals surface area contributed by atoms with Crippen LogP contribution in [-0.4, -0.2) is 73.9 Å². The maximum atomic E-state index is 12.6. The molecule has 1 aliphatic heterocycles. The molecule has 0 bridgehead atoms. The Balaban J connectivity index is 1.24. The molecule has 0 unspecified atom stereocenters. The van der Waals surface area contributed by atoms with E-state index in [1.165, 1.54) is 16.7 Å². The number of carbonyl (C=O) groups excluding carboxylic acids is 1. The maximum Gasteiger partial charge on any atom is 0.222 e. The number of aryl methyl sites for hydroxylation is 2. The lowest BCUT2D eigenvalue weighted by Gasteiger charge is -2.34. The van der Waals surface area contributed by atoms with Gasteiger partial charge in [-0.15, -0.1) is 10.2 Å². The molecular formula is C29H36N6OS. The molecule has 0 atom stereocenters. The molecule has 194 valence electrons. The molecule has 4 aromatic rings. The Bertz CT molecular complexity index is 1370. The first-order valence-corrected chi connectivity index (χ1v) is 14.3. The summed E-state index contributed by atoms with van der Waals surface area (Å²) in [6.45, 7) is 11.9. The Kier molecular flexibility index (Phi) is 8.05. The van der Waals surface area contributed by atoms with Crippen LogP contribution >= 0.6 is 11.8 Å². The van der Waals surface area contributed by atoms with Crippen LogP contribution in [0.2, 0.25) is 0 Å². The number of piperazine rings is 1. The summed E-state index contributed by atoms with van der Waals surface area (Å²) in [6, 6.07) is 15.1. The first-order valence-electron chi connectivity index (χ1n) is 13.3. The SMILES string of the molecule is CCN1CCN(C(=O)CCCCSc2nnc3c4cc(C)ccc4n(Cc4ccc(C)cc4)c3n2)CC1. The minimum atomic E-state index is 0.288. The summed E-state index contributed by atoms with van der Waals surface area (Å²) in [5.74, 6) is 1.16. The second kappa shape index (κ2) is 11.6. The predicted octanol–water partition coefficient (Wildman–Crippen LogP) is 5.07. The van der Waals surface area contributed by atoms with E-state index in [1.807, 2.05) is 4.90 Å². The van der Waals surface area contributed by atoms with Crippen LogP contribution in [0, 0.1) is 13.8 Å². The average molecular weight is 517 g/mol. The van der Waals surface area contributed by atoms with Gasteiger partial charge in [0.1, 0.15) is 5.52 Å². The van der Waals surface area contributed by atoms with E-state index in [1.54, 1.807) is 11.8 Å². The van der Waals surface area contributed by atoms with Crippen LogP contribution in [0.15, 0.2) is 47.6 Å². The monoisotopic (exact) mass is 516 g/mol. The fourth-order valence-corrected chi connectivity index (χ4v) is 5.75. The number of hydrogen-bond donors (Lipinski definition) is 0. The number of rotatable bonds is 9. The smallest absolute Gasteiger partial charge is 0.222 e. The Morgan fingerprint density at radius 3 is 2.46 bits per heavy atom. The topological polar surface area (TPSA) is 67.2 Å². The van der Waals surface area contributed by atoms with Crippen molar-refractivity contribution in [1.82, 2.24) is 29.5 Å². The van der Waals surface area contributed by atoms with E-state index in [0.29, 0.717) is 11.6 Å². The molecule has 5 rings (SSSR count). The quantitative estimate of drug-likeness (QED) is 0.229. The van der Waals surface area contributed by atoms with Crippen LogP contribution in [-0.2, 0) is 11.3 Å². The fraction of sp³-hybridized carbons (Fsp3) is 0.448. The molecule has 1 saturated heterocycles. The van der Waals surface area contributed by atoms with Gasteiger partial charge in [0.05, 0.1) is 5.52 Å². The molecule has 0 aliphatic carbocycles. The molecule has 7 nitrogen and oxygen atoms in total. The molecule has 0 spiro atoms. The molecule has 2 aromatic heterocycles. The number of benzene rings is 2. The molecule has 37 heavy (non-hydrogen) atoms. The number of amides is 1. The minimum absolute atomic E-state index is 0.288. The maximum absolute atomic E-state index is 12.6. The van der Waals surface area contributed by atoms with Gasteiger partial charge in [-0.2, -0.15) is 0 Å². The van der Waals surface area contributed by atoms with E-state index >= 15 is 0 Å². The summed E-state index contributed by atoms with van der Waals surface area (Å²) in [4.78, 5) is 21.9. The third kappa shape index (κ3) is 5.96. The summed E-state index contributed by atoms with van der Waals surface area (Å²) in [7, 11) is 0. The van der Waals surface area contributed by atoms with E-state index in [-0.39, 0.29) is 5.91 Å². The van der Waals surface area contributed by atoms with E-state index in [0.717, 1.165) is 79.9 Å². The summed E-state index contributed by atoms with van der Waals surface area (Å²) in [5, 5.41) is 10.8. The lowest BCUT2D eigenvalue weighted by Crippen LogP contribution is -2.48. The van der Waals surface area contributed by atoms with Crippen molar-refractivity contribution in [2.75, 3.05) is 38.5 Å². The van der Waals surface area contributed by atoms with Crippen molar-refractivity contribution in [3.63, 3.8) is 0 Å². The highest BCUT2D eigenvalue weighted by molar-refractivity contribution is 7.99. The first-order chi connectivity index (χ1) is 18.0. The molecule has 3 heterocycles. The number of unbranched alkanes of at least 4 members (excludes halogenated alkanes) is 1. The number of hydrogen-bond acceptors (Lipinski definition) is 6. The Morgan fingerprint density at radius 2 is 1.70 bits per heavy atom. The van der Waals surface area contributed by atoms with Gasteiger partial charge in [-0.05, 0) is 50.9 Å². The molecule has 0 radical (unpaired) electrons. The highest BCUT2D eigenvalue weighted by atomic mass is 32.2. The van der Waals surface area contributed by atoms with Crippen LogP contribution in [0.1, 0.15) is 42.9 Å². The van der Waals surface area contributed by atoms with Gasteiger partial charge in [0.25, 0.3) is 0 Å². The summed E-state index contributed by atoms with van der Waals surface area (Å²) in [5.41, 5.74) is 6.54. The Labute approximate surface area is 223 Å². The molecule has 2 aromatic carbocycles. The zero-order chi connectivity index (χ0) is 25.8. The van der Waals surface area contributed by atoms with Gasteiger partial charge in [-0.25, -0.2) is 4.98 Å².